The molecule has 0 aliphatic carbocycles. The molecule has 2 heterocycles. The zero-order chi connectivity index (χ0) is 32.7. The number of rotatable bonds is 12. The third-order valence-corrected chi connectivity index (χ3v) is 6.08. The van der Waals surface area contributed by atoms with Crippen molar-refractivity contribution in [2.75, 3.05) is 44.0 Å². The number of nitrogens with one attached hydrogen (secondary N) is 1. The van der Waals surface area contributed by atoms with Gasteiger partial charge in [-0.2, -0.15) is 0 Å². The van der Waals surface area contributed by atoms with Gasteiger partial charge in [-0.25, -0.2) is 19.7 Å². The number of carbonyl (C=O) groups is 1. The van der Waals surface area contributed by atoms with E-state index in [1.165, 1.54) is 0 Å². The average Bonchev–Trinajstić information content (AvgIpc) is 3.02. The van der Waals surface area contributed by atoms with Crippen LogP contribution in [0, 0.1) is 0 Å². The number of pyridine rings is 1. The van der Waals surface area contributed by atoms with E-state index in [0.717, 1.165) is 22.6 Å². The van der Waals surface area contributed by atoms with Crippen LogP contribution in [0.25, 0.3) is 11.3 Å². The van der Waals surface area contributed by atoms with Crippen molar-refractivity contribution in [2.24, 2.45) is 0 Å². The lowest BCUT2D eigenvalue weighted by Crippen LogP contribution is -2.38. The molecule has 0 spiro atoms. The molecule has 0 saturated carbocycles. The Labute approximate surface area is 262 Å². The van der Waals surface area contributed by atoms with E-state index in [2.05, 4.69) is 20.3 Å². The number of nitrogens with zero attached hydrogens (tertiary/aromatic N) is 5. The zero-order valence-electron chi connectivity index (χ0n) is 27.6. The number of ether oxygens (including phenoxy) is 2. The summed E-state index contributed by atoms with van der Waals surface area (Å²) in [6, 6.07) is 11.2. The van der Waals surface area contributed by atoms with Gasteiger partial charge in [-0.15, -0.1) is 0 Å². The summed E-state index contributed by atoms with van der Waals surface area (Å²) >= 11 is 0. The number of amides is 1. The fraction of sp³-hybridized carbons (Fsp3) is 0.412. The predicted octanol–water partition coefficient (Wildman–Crippen LogP) is 7.01. The minimum Gasteiger partial charge on any atom is -0.489 e. The Morgan fingerprint density at radius 3 is 2.45 bits per heavy atom. The summed E-state index contributed by atoms with van der Waals surface area (Å²) in [6.45, 7) is 14.9. The van der Waals surface area contributed by atoms with Crippen molar-refractivity contribution in [1.29, 1.82) is 0 Å². The quantitative estimate of drug-likeness (QED) is 0.211. The molecule has 0 fully saturated rings. The molecule has 1 amide bonds. The van der Waals surface area contributed by atoms with Gasteiger partial charge in [0.05, 0.1) is 12.3 Å². The van der Waals surface area contributed by atoms with E-state index < -0.39 is 5.60 Å². The summed E-state index contributed by atoms with van der Waals surface area (Å²) in [5, 5.41) is 13.1. The van der Waals surface area contributed by atoms with Crippen LogP contribution in [0.2, 0.25) is 0 Å². The van der Waals surface area contributed by atoms with Crippen molar-refractivity contribution in [2.45, 2.75) is 60.7 Å². The topological polar surface area (TPSA) is 113 Å². The molecule has 1 aromatic carbocycles. The van der Waals surface area contributed by atoms with E-state index in [0.29, 0.717) is 42.7 Å². The van der Waals surface area contributed by atoms with Crippen LogP contribution in [0.5, 0.6) is 5.75 Å². The second-order valence-electron chi connectivity index (χ2n) is 10.9. The molecule has 0 bridgehead atoms. The number of aliphatic hydroxyl groups is 1. The average molecular weight is 605 g/mol. The van der Waals surface area contributed by atoms with Crippen LogP contribution in [0.3, 0.4) is 0 Å². The summed E-state index contributed by atoms with van der Waals surface area (Å²) in [5.41, 5.74) is 3.49. The molecule has 10 heteroatoms. The first-order valence-corrected chi connectivity index (χ1v) is 14.9. The Hall–Kier alpha value is -4.44. The van der Waals surface area contributed by atoms with E-state index in [-0.39, 0.29) is 12.7 Å². The number of aliphatic hydroxyl groups excluding tert-OH is 1. The van der Waals surface area contributed by atoms with Crippen molar-refractivity contribution < 1.29 is 19.4 Å². The smallest absolute Gasteiger partial charge is 0.410 e. The highest BCUT2D eigenvalue weighted by Gasteiger charge is 2.19. The number of hydrogen-bond acceptors (Lipinski definition) is 9. The van der Waals surface area contributed by atoms with Crippen LogP contribution >= 0.6 is 0 Å². The normalized spacial score (nSPS) is 11.5. The van der Waals surface area contributed by atoms with Gasteiger partial charge in [0, 0.05) is 56.4 Å². The summed E-state index contributed by atoms with van der Waals surface area (Å²) in [4.78, 5) is 29.3. The van der Waals surface area contributed by atoms with Crippen molar-refractivity contribution in [3.8, 4) is 17.0 Å². The Morgan fingerprint density at radius 1 is 1.07 bits per heavy atom. The zero-order valence-corrected chi connectivity index (χ0v) is 27.6. The third-order valence-electron chi connectivity index (χ3n) is 6.08. The number of allylic oxidation sites excluding steroid dienone is 3. The Balaban J connectivity index is 0.00000330. The van der Waals surface area contributed by atoms with Gasteiger partial charge in [-0.3, -0.25) is 0 Å². The largest absolute Gasteiger partial charge is 0.489 e. The molecule has 0 unspecified atom stereocenters. The number of hydrogen-bond donors (Lipinski definition) is 2. The highest BCUT2D eigenvalue weighted by atomic mass is 16.6. The molecule has 238 valence electrons. The maximum absolute atomic E-state index is 12.2. The minimum atomic E-state index is -0.532. The molecule has 2 aromatic heterocycles. The first-order chi connectivity index (χ1) is 21.0. The molecule has 10 nitrogen and oxygen atoms in total. The van der Waals surface area contributed by atoms with Crippen LogP contribution in [0.1, 0.15) is 54.0 Å². The molecule has 0 aliphatic rings. The lowest BCUT2D eigenvalue weighted by atomic mass is 10.2. The number of likely N-dealkylation sites (N-methyl/N-ethyl adjacent to an activating group) is 2. The molecule has 0 aliphatic heterocycles. The van der Waals surface area contributed by atoms with Crippen molar-refractivity contribution in [3.63, 3.8) is 0 Å². The van der Waals surface area contributed by atoms with Crippen LogP contribution in [0.15, 0.2) is 72.6 Å². The third kappa shape index (κ3) is 11.7. The van der Waals surface area contributed by atoms with Crippen molar-refractivity contribution in [1.82, 2.24) is 19.9 Å². The van der Waals surface area contributed by atoms with Crippen LogP contribution < -0.4 is 15.0 Å². The molecular formula is C34H48N6O4. The van der Waals surface area contributed by atoms with Crippen LogP contribution in [-0.2, 0) is 11.3 Å². The molecule has 44 heavy (non-hydrogen) atoms. The molecule has 0 atom stereocenters. The fourth-order valence-electron chi connectivity index (χ4n) is 3.74. The lowest BCUT2D eigenvalue weighted by molar-refractivity contribution is 0.0303. The van der Waals surface area contributed by atoms with E-state index >= 15 is 0 Å². The number of aromatic nitrogens is 3. The summed E-state index contributed by atoms with van der Waals surface area (Å²) in [7, 11) is 3.65. The van der Waals surface area contributed by atoms with Gasteiger partial charge >= 0.3 is 6.09 Å². The second-order valence-corrected chi connectivity index (χ2v) is 10.9. The summed E-state index contributed by atoms with van der Waals surface area (Å²) in [5.74, 6) is 1.82. The Bertz CT molecular complexity index is 1380. The van der Waals surface area contributed by atoms with Gasteiger partial charge in [0.1, 0.15) is 23.8 Å². The van der Waals surface area contributed by atoms with Crippen molar-refractivity contribution in [3.05, 3.63) is 78.2 Å². The lowest BCUT2D eigenvalue weighted by Gasteiger charge is -2.26. The maximum Gasteiger partial charge on any atom is 0.410 e. The Kier molecular flexibility index (Phi) is 14.3. The number of benzene rings is 1. The first kappa shape index (κ1) is 35.8. The van der Waals surface area contributed by atoms with E-state index in [4.69, 9.17) is 9.47 Å². The minimum absolute atomic E-state index is 0.160. The molecule has 0 radical (unpaired) electrons. The second kappa shape index (κ2) is 17.6. The summed E-state index contributed by atoms with van der Waals surface area (Å²) in [6.07, 6.45) is 9.01. The SMILES string of the molecule is C/C=C\C=C(/C)COc1ccc(Nc2nccc(-c3ccc(N(C)CCN(C)C(=O)OC(C)(C)C)nc3)n2)cc1CO.CC. The number of anilines is 3. The predicted molar refractivity (Wildman–Crippen MR) is 178 cm³/mol. The molecule has 3 rings (SSSR count). The standard InChI is InChI=1S/C32H42N6O4.C2H6/c1-8-9-10-23(2)22-41-28-13-12-26(19-25(28)21-39)35-30-33-16-15-27(36-30)24-11-14-29(34-20-24)37(6)17-18-38(7)31(40)42-32(3,4)5;1-2/h8-16,19-20,39H,17-18,21-22H2,1-7H3,(H,33,35,36);1-2H3/b9-8-,23-10+;. The van der Waals surface area contributed by atoms with Gasteiger partial charge in [0.15, 0.2) is 0 Å². The van der Waals surface area contributed by atoms with Gasteiger partial charge in [-0.1, -0.05) is 32.1 Å². The van der Waals surface area contributed by atoms with Gasteiger partial charge < -0.3 is 29.7 Å². The fourth-order valence-corrected chi connectivity index (χ4v) is 3.74. The molecular weight excluding hydrogens is 556 g/mol. The van der Waals surface area contributed by atoms with Crippen LogP contribution in [0.4, 0.5) is 22.2 Å². The van der Waals surface area contributed by atoms with E-state index in [1.54, 1.807) is 24.3 Å². The van der Waals surface area contributed by atoms with Crippen LogP contribution in [-0.4, -0.2) is 70.4 Å². The monoisotopic (exact) mass is 604 g/mol. The Morgan fingerprint density at radius 2 is 1.82 bits per heavy atom. The van der Waals surface area contributed by atoms with E-state index in [1.807, 2.05) is 115 Å². The van der Waals surface area contributed by atoms with Gasteiger partial charge in [-0.05, 0) is 76.6 Å². The molecule has 3 aromatic rings. The molecule has 0 saturated heterocycles. The van der Waals surface area contributed by atoms with Gasteiger partial charge in [0.25, 0.3) is 0 Å². The molecule has 2 N–H and O–H groups in total. The summed E-state index contributed by atoms with van der Waals surface area (Å²) < 4.78 is 11.3. The number of carbonyl (C=O) groups excluding carboxylic acids is 1. The highest BCUT2D eigenvalue weighted by molar-refractivity contribution is 5.68. The van der Waals surface area contributed by atoms with Gasteiger partial charge in [0.2, 0.25) is 5.95 Å². The first-order valence-electron chi connectivity index (χ1n) is 14.9. The maximum atomic E-state index is 12.2. The van der Waals surface area contributed by atoms with Crippen molar-refractivity contribution >= 4 is 23.5 Å². The highest BCUT2D eigenvalue weighted by Crippen LogP contribution is 2.26. The van der Waals surface area contributed by atoms with E-state index in [9.17, 15) is 9.90 Å².